The van der Waals surface area contributed by atoms with Crippen LogP contribution in [0.5, 0.6) is 0 Å². The van der Waals surface area contributed by atoms with Crippen LogP contribution in [0, 0.1) is 0 Å². The maximum absolute atomic E-state index is 13.3. The predicted octanol–water partition coefficient (Wildman–Crippen LogP) is 4.77. The third-order valence-electron chi connectivity index (χ3n) is 3.57. The van der Waals surface area contributed by atoms with Crippen molar-refractivity contribution in [1.82, 2.24) is 0 Å². The Balaban J connectivity index is 3.08. The molecule has 0 unspecified atom stereocenters. The molecule has 1 aliphatic heterocycles. The largest absolute Gasteiger partial charge is 0.501 e. The Hall–Kier alpha value is -0.0351. The van der Waals surface area contributed by atoms with Crippen molar-refractivity contribution in [1.29, 1.82) is 0 Å². The lowest BCUT2D eigenvalue weighted by atomic mass is 9.88. The first-order chi connectivity index (χ1) is 9.45. The van der Waals surface area contributed by atoms with E-state index >= 15 is 0 Å². The molecule has 1 saturated heterocycles. The normalized spacial score (nSPS) is 23.1. The van der Waals surface area contributed by atoms with Crippen LogP contribution < -0.4 is 0 Å². The van der Waals surface area contributed by atoms with Crippen LogP contribution in [0.15, 0.2) is 9.56 Å². The lowest BCUT2D eigenvalue weighted by molar-refractivity contribution is -0.341. The summed E-state index contributed by atoms with van der Waals surface area (Å²) in [6, 6.07) is 0. The fourth-order valence-corrected chi connectivity index (χ4v) is 2.12. The van der Waals surface area contributed by atoms with Gasteiger partial charge in [0.2, 0.25) is 0 Å². The molecule has 0 aromatic carbocycles. The van der Waals surface area contributed by atoms with Crippen LogP contribution in [0.25, 0.3) is 0 Å². The van der Waals surface area contributed by atoms with Crippen LogP contribution in [0.1, 0.15) is 27.7 Å². The first kappa shape index (κ1) is 20.0. The monoisotopic (exact) mass is 448 g/mol. The molecule has 22 heavy (non-hydrogen) atoms. The van der Waals surface area contributed by atoms with Crippen molar-refractivity contribution in [2.75, 3.05) is 0 Å². The molecule has 1 rings (SSSR count). The summed E-state index contributed by atoms with van der Waals surface area (Å²) in [5.74, 6) is -11.6. The molecule has 2 nitrogen and oxygen atoms in total. The maximum Gasteiger partial charge on any atom is 0.501 e. The Morgan fingerprint density at radius 2 is 1.27 bits per heavy atom. The standard InChI is InChI=1S/C11H13BF7IO2/c1-7(2)8(3,4)22-12(21-7)6(20)5-9(13,14)10(15,16)11(17,18)19/h5H,1-4H3/b6-5+. The van der Waals surface area contributed by atoms with E-state index in [0.717, 1.165) is 0 Å². The minimum Gasteiger partial charge on any atom is -0.399 e. The van der Waals surface area contributed by atoms with Gasteiger partial charge < -0.3 is 9.31 Å². The second-order valence-corrected chi connectivity index (χ2v) is 7.06. The summed E-state index contributed by atoms with van der Waals surface area (Å²) < 4.78 is 98.6. The Bertz CT molecular complexity index is 458. The summed E-state index contributed by atoms with van der Waals surface area (Å²) in [6.45, 7) is 6.33. The zero-order chi connectivity index (χ0) is 17.8. The van der Waals surface area contributed by atoms with Crippen molar-refractivity contribution in [2.45, 2.75) is 56.9 Å². The van der Waals surface area contributed by atoms with E-state index in [9.17, 15) is 30.7 Å². The SMILES string of the molecule is CC1(C)OB(/C(I)=C\C(F)(F)C(F)(F)C(F)(F)F)OC1(C)C. The molecule has 0 N–H and O–H groups in total. The van der Waals surface area contributed by atoms with Crippen LogP contribution in [0.3, 0.4) is 0 Å². The molecule has 0 atom stereocenters. The van der Waals surface area contributed by atoms with Crippen LogP contribution in [-0.4, -0.2) is 36.3 Å². The lowest BCUT2D eigenvalue weighted by Gasteiger charge is -2.32. The van der Waals surface area contributed by atoms with E-state index in [-0.39, 0.29) is 0 Å². The Morgan fingerprint density at radius 3 is 1.59 bits per heavy atom. The van der Waals surface area contributed by atoms with Gasteiger partial charge in [-0.1, -0.05) is 22.6 Å². The van der Waals surface area contributed by atoms with Gasteiger partial charge in [0.1, 0.15) is 0 Å². The summed E-state index contributed by atoms with van der Waals surface area (Å²) >= 11 is 1.20. The van der Waals surface area contributed by atoms with Crippen molar-refractivity contribution in [2.24, 2.45) is 0 Å². The minimum absolute atomic E-state index is 0.469. The molecule has 0 radical (unpaired) electrons. The maximum atomic E-state index is 13.3. The topological polar surface area (TPSA) is 18.5 Å². The number of rotatable bonds is 3. The summed E-state index contributed by atoms with van der Waals surface area (Å²) in [7, 11) is -1.44. The molecule has 0 aliphatic carbocycles. The Labute approximate surface area is 136 Å². The van der Waals surface area contributed by atoms with Gasteiger partial charge in [-0.05, 0) is 33.8 Å². The van der Waals surface area contributed by atoms with Gasteiger partial charge in [0.15, 0.2) is 0 Å². The van der Waals surface area contributed by atoms with Gasteiger partial charge in [-0.3, -0.25) is 0 Å². The van der Waals surface area contributed by atoms with Gasteiger partial charge in [-0.2, -0.15) is 30.7 Å². The summed E-state index contributed by atoms with van der Waals surface area (Å²) in [5, 5.41) is 0. The molecule has 1 heterocycles. The Morgan fingerprint density at radius 1 is 0.909 bits per heavy atom. The zero-order valence-corrected chi connectivity index (χ0v) is 14.2. The molecule has 0 saturated carbocycles. The summed E-state index contributed by atoms with van der Waals surface area (Å²) in [4.78, 5) is 0. The van der Waals surface area contributed by atoms with E-state index in [1.807, 2.05) is 0 Å². The first-order valence-electron chi connectivity index (χ1n) is 6.01. The molecule has 1 fully saturated rings. The van der Waals surface area contributed by atoms with Crippen LogP contribution in [-0.2, 0) is 9.31 Å². The van der Waals surface area contributed by atoms with E-state index in [1.54, 1.807) is 27.7 Å². The second kappa shape index (κ2) is 5.50. The zero-order valence-electron chi connectivity index (χ0n) is 12.0. The van der Waals surface area contributed by atoms with Gasteiger partial charge in [-0.15, -0.1) is 0 Å². The molecule has 1 aliphatic rings. The summed E-state index contributed by atoms with van der Waals surface area (Å²) in [5.41, 5.74) is -1.88. The summed E-state index contributed by atoms with van der Waals surface area (Å²) in [6.07, 6.45) is -6.84. The molecule has 0 spiro atoms. The van der Waals surface area contributed by atoms with Gasteiger partial charge in [0.05, 0.1) is 11.2 Å². The third kappa shape index (κ3) is 3.40. The third-order valence-corrected chi connectivity index (χ3v) is 4.39. The molecule has 128 valence electrons. The average molecular weight is 448 g/mol. The fraction of sp³-hybridized carbons (Fsp3) is 0.818. The highest BCUT2D eigenvalue weighted by molar-refractivity contribution is 14.1. The highest BCUT2D eigenvalue weighted by atomic mass is 127. The quantitative estimate of drug-likeness (QED) is 0.352. The molecule has 0 bridgehead atoms. The lowest BCUT2D eigenvalue weighted by Crippen LogP contribution is -2.51. The molecule has 0 aromatic rings. The van der Waals surface area contributed by atoms with Crippen molar-refractivity contribution in [3.63, 3.8) is 0 Å². The highest BCUT2D eigenvalue weighted by Crippen LogP contribution is 2.48. The smallest absolute Gasteiger partial charge is 0.399 e. The highest BCUT2D eigenvalue weighted by Gasteiger charge is 2.72. The van der Waals surface area contributed by atoms with E-state index in [0.29, 0.717) is 0 Å². The molecular weight excluding hydrogens is 435 g/mol. The molecule has 0 amide bonds. The van der Waals surface area contributed by atoms with E-state index in [1.165, 1.54) is 22.6 Å². The van der Waals surface area contributed by atoms with Crippen molar-refractivity contribution < 1.29 is 40.0 Å². The van der Waals surface area contributed by atoms with Crippen LogP contribution in [0.4, 0.5) is 30.7 Å². The molecular formula is C11H13BF7IO2. The van der Waals surface area contributed by atoms with Crippen molar-refractivity contribution in [3.8, 4) is 0 Å². The van der Waals surface area contributed by atoms with Gasteiger partial charge in [0.25, 0.3) is 0 Å². The first-order valence-corrected chi connectivity index (χ1v) is 7.09. The molecule has 11 heteroatoms. The number of alkyl halides is 7. The van der Waals surface area contributed by atoms with E-state index in [4.69, 9.17) is 9.31 Å². The second-order valence-electron chi connectivity index (χ2n) is 5.81. The predicted molar refractivity (Wildman–Crippen MR) is 74.1 cm³/mol. The van der Waals surface area contributed by atoms with E-state index < -0.39 is 45.9 Å². The number of hydrogen-bond donors (Lipinski definition) is 0. The van der Waals surface area contributed by atoms with Crippen molar-refractivity contribution >= 4 is 29.7 Å². The number of hydrogen-bond acceptors (Lipinski definition) is 2. The van der Waals surface area contributed by atoms with Crippen LogP contribution >= 0.6 is 22.6 Å². The Kier molecular flexibility index (Phi) is 5.01. The number of halogens is 8. The molecule has 0 aromatic heterocycles. The average Bonchev–Trinajstić information content (AvgIpc) is 2.45. The van der Waals surface area contributed by atoms with Gasteiger partial charge >= 0.3 is 25.1 Å². The van der Waals surface area contributed by atoms with Crippen LogP contribution in [0.2, 0.25) is 0 Å². The minimum atomic E-state index is -6.38. The van der Waals surface area contributed by atoms with E-state index in [2.05, 4.69) is 0 Å². The fourth-order valence-electron chi connectivity index (χ4n) is 1.48. The van der Waals surface area contributed by atoms with Gasteiger partial charge in [-0.25, -0.2) is 0 Å². The van der Waals surface area contributed by atoms with Crippen molar-refractivity contribution in [3.05, 3.63) is 9.56 Å². The number of allylic oxidation sites excluding steroid dienone is 1. The van der Waals surface area contributed by atoms with Gasteiger partial charge in [0, 0.05) is 3.48 Å².